The normalized spacial score (nSPS) is 9.81. The standard InChI is InChI=1S/C11H12FNO3/c12-11-7-10(2-1-9(11)8-13)16-6-5-15-4-3-14/h1-2,7,14H,3-6H2. The molecular formula is C11H12FNO3. The molecule has 0 bridgehead atoms. The van der Waals surface area contributed by atoms with E-state index in [1.165, 1.54) is 12.1 Å². The fourth-order valence-corrected chi connectivity index (χ4v) is 1.06. The second kappa shape index (κ2) is 6.77. The van der Waals surface area contributed by atoms with Crippen LogP contribution < -0.4 is 4.74 Å². The molecule has 0 aromatic heterocycles. The van der Waals surface area contributed by atoms with Gasteiger partial charge in [0.2, 0.25) is 0 Å². The minimum atomic E-state index is -0.601. The predicted molar refractivity (Wildman–Crippen MR) is 54.5 cm³/mol. The topological polar surface area (TPSA) is 62.5 Å². The maximum atomic E-state index is 13.1. The SMILES string of the molecule is N#Cc1ccc(OCCOCCO)cc1F. The van der Waals surface area contributed by atoms with Gasteiger partial charge in [-0.3, -0.25) is 0 Å². The molecule has 1 N–H and O–H groups in total. The summed E-state index contributed by atoms with van der Waals surface area (Å²) in [6, 6.07) is 5.76. The summed E-state index contributed by atoms with van der Waals surface area (Å²) < 4.78 is 23.2. The van der Waals surface area contributed by atoms with Gasteiger partial charge in [-0.05, 0) is 12.1 Å². The number of hydrogen-bond donors (Lipinski definition) is 1. The van der Waals surface area contributed by atoms with Gasteiger partial charge in [-0.25, -0.2) is 4.39 Å². The molecule has 0 atom stereocenters. The first kappa shape index (κ1) is 12.4. The van der Waals surface area contributed by atoms with Gasteiger partial charge in [0, 0.05) is 6.07 Å². The number of aliphatic hydroxyl groups excluding tert-OH is 1. The molecule has 0 radical (unpaired) electrons. The zero-order chi connectivity index (χ0) is 11.8. The van der Waals surface area contributed by atoms with Crippen LogP contribution in [0.1, 0.15) is 5.56 Å². The van der Waals surface area contributed by atoms with Crippen LogP contribution in [0.2, 0.25) is 0 Å². The summed E-state index contributed by atoms with van der Waals surface area (Å²) in [5.74, 6) is -0.250. The quantitative estimate of drug-likeness (QED) is 0.736. The third-order valence-electron chi connectivity index (χ3n) is 1.79. The van der Waals surface area contributed by atoms with Crippen LogP contribution in [0.3, 0.4) is 0 Å². The van der Waals surface area contributed by atoms with Crippen LogP contribution in [0.4, 0.5) is 4.39 Å². The smallest absolute Gasteiger partial charge is 0.144 e. The van der Waals surface area contributed by atoms with Gasteiger partial charge in [0.15, 0.2) is 0 Å². The van der Waals surface area contributed by atoms with E-state index in [0.717, 1.165) is 6.07 Å². The molecule has 1 rings (SSSR count). The summed E-state index contributed by atoms with van der Waals surface area (Å²) in [4.78, 5) is 0. The van der Waals surface area contributed by atoms with Crippen molar-refractivity contribution >= 4 is 0 Å². The van der Waals surface area contributed by atoms with E-state index in [1.807, 2.05) is 0 Å². The Morgan fingerprint density at radius 2 is 2.12 bits per heavy atom. The van der Waals surface area contributed by atoms with Crippen LogP contribution in [-0.4, -0.2) is 31.5 Å². The molecule has 0 saturated carbocycles. The molecule has 0 heterocycles. The highest BCUT2D eigenvalue weighted by molar-refractivity contribution is 5.36. The van der Waals surface area contributed by atoms with Crippen molar-refractivity contribution in [2.45, 2.75) is 0 Å². The lowest BCUT2D eigenvalue weighted by Crippen LogP contribution is -2.09. The van der Waals surface area contributed by atoms with E-state index in [9.17, 15) is 4.39 Å². The Kier molecular flexibility index (Phi) is 5.26. The fourth-order valence-electron chi connectivity index (χ4n) is 1.06. The van der Waals surface area contributed by atoms with E-state index in [4.69, 9.17) is 19.8 Å². The highest BCUT2D eigenvalue weighted by Crippen LogP contribution is 2.15. The number of rotatable bonds is 6. The average Bonchev–Trinajstić information content (AvgIpc) is 2.29. The number of aliphatic hydroxyl groups is 1. The first-order valence-corrected chi connectivity index (χ1v) is 4.79. The number of ether oxygens (including phenoxy) is 2. The first-order valence-electron chi connectivity index (χ1n) is 4.79. The summed E-state index contributed by atoms with van der Waals surface area (Å²) in [5.41, 5.74) is -0.0103. The van der Waals surface area contributed by atoms with Crippen molar-refractivity contribution in [1.82, 2.24) is 0 Å². The van der Waals surface area contributed by atoms with E-state index >= 15 is 0 Å². The number of benzene rings is 1. The maximum absolute atomic E-state index is 13.1. The molecular weight excluding hydrogens is 213 g/mol. The number of nitrogens with zero attached hydrogens (tertiary/aromatic N) is 1. The molecule has 1 aromatic carbocycles. The molecule has 86 valence electrons. The lowest BCUT2D eigenvalue weighted by molar-refractivity contribution is 0.0704. The second-order valence-electron chi connectivity index (χ2n) is 2.94. The molecule has 0 aliphatic heterocycles. The van der Waals surface area contributed by atoms with Crippen molar-refractivity contribution in [2.75, 3.05) is 26.4 Å². The van der Waals surface area contributed by atoms with E-state index < -0.39 is 5.82 Å². The third kappa shape index (κ3) is 3.85. The van der Waals surface area contributed by atoms with E-state index in [2.05, 4.69) is 0 Å². The van der Waals surface area contributed by atoms with E-state index in [-0.39, 0.29) is 25.4 Å². The van der Waals surface area contributed by atoms with Gasteiger partial charge in [-0.1, -0.05) is 0 Å². The summed E-state index contributed by atoms with van der Waals surface area (Å²) in [6.07, 6.45) is 0. The van der Waals surface area contributed by atoms with Crippen molar-refractivity contribution in [3.63, 3.8) is 0 Å². The molecule has 0 saturated heterocycles. The summed E-state index contributed by atoms with van der Waals surface area (Å²) in [5, 5.41) is 16.9. The van der Waals surface area contributed by atoms with Crippen LogP contribution in [0.15, 0.2) is 18.2 Å². The Balaban J connectivity index is 2.38. The summed E-state index contributed by atoms with van der Waals surface area (Å²) in [7, 11) is 0. The van der Waals surface area contributed by atoms with Gasteiger partial charge < -0.3 is 14.6 Å². The van der Waals surface area contributed by atoms with E-state index in [1.54, 1.807) is 6.07 Å². The van der Waals surface area contributed by atoms with Crippen molar-refractivity contribution in [3.8, 4) is 11.8 Å². The van der Waals surface area contributed by atoms with Crippen LogP contribution in [0.25, 0.3) is 0 Å². The van der Waals surface area contributed by atoms with Gasteiger partial charge in [0.25, 0.3) is 0 Å². The molecule has 16 heavy (non-hydrogen) atoms. The van der Waals surface area contributed by atoms with Crippen LogP contribution in [0.5, 0.6) is 5.75 Å². The highest BCUT2D eigenvalue weighted by Gasteiger charge is 2.02. The summed E-state index contributed by atoms with van der Waals surface area (Å²) in [6.45, 7) is 0.810. The largest absolute Gasteiger partial charge is 0.491 e. The molecule has 0 unspecified atom stereocenters. The van der Waals surface area contributed by atoms with Gasteiger partial charge in [0.05, 0.1) is 25.4 Å². The fraction of sp³-hybridized carbons (Fsp3) is 0.364. The average molecular weight is 225 g/mol. The zero-order valence-electron chi connectivity index (χ0n) is 8.65. The summed E-state index contributed by atoms with van der Waals surface area (Å²) >= 11 is 0. The Morgan fingerprint density at radius 3 is 2.75 bits per heavy atom. The minimum Gasteiger partial charge on any atom is -0.491 e. The monoisotopic (exact) mass is 225 g/mol. The Bertz CT molecular complexity index is 376. The molecule has 0 fully saturated rings. The Hall–Kier alpha value is -1.64. The van der Waals surface area contributed by atoms with Gasteiger partial charge in [0.1, 0.15) is 24.2 Å². The lowest BCUT2D eigenvalue weighted by atomic mass is 10.2. The number of halogens is 1. The lowest BCUT2D eigenvalue weighted by Gasteiger charge is -2.06. The van der Waals surface area contributed by atoms with Crippen LogP contribution >= 0.6 is 0 Å². The molecule has 5 heteroatoms. The van der Waals surface area contributed by atoms with Gasteiger partial charge >= 0.3 is 0 Å². The second-order valence-corrected chi connectivity index (χ2v) is 2.94. The van der Waals surface area contributed by atoms with Crippen molar-refractivity contribution in [2.24, 2.45) is 0 Å². The van der Waals surface area contributed by atoms with Gasteiger partial charge in [-0.2, -0.15) is 5.26 Å². The first-order chi connectivity index (χ1) is 7.77. The molecule has 0 aliphatic carbocycles. The predicted octanol–water partition coefficient (Wildman–Crippen LogP) is 1.09. The van der Waals surface area contributed by atoms with E-state index in [0.29, 0.717) is 12.4 Å². The third-order valence-corrected chi connectivity index (χ3v) is 1.79. The van der Waals surface area contributed by atoms with Gasteiger partial charge in [-0.15, -0.1) is 0 Å². The highest BCUT2D eigenvalue weighted by atomic mass is 19.1. The molecule has 1 aromatic rings. The Labute approximate surface area is 92.8 Å². The van der Waals surface area contributed by atoms with Crippen molar-refractivity contribution in [1.29, 1.82) is 5.26 Å². The number of hydrogen-bond acceptors (Lipinski definition) is 4. The number of nitriles is 1. The molecule has 4 nitrogen and oxygen atoms in total. The van der Waals surface area contributed by atoms with Crippen LogP contribution in [0, 0.1) is 17.1 Å². The molecule has 0 spiro atoms. The Morgan fingerprint density at radius 1 is 1.31 bits per heavy atom. The van der Waals surface area contributed by atoms with Crippen LogP contribution in [-0.2, 0) is 4.74 Å². The molecule has 0 aliphatic rings. The zero-order valence-corrected chi connectivity index (χ0v) is 8.65. The maximum Gasteiger partial charge on any atom is 0.144 e. The molecule has 0 amide bonds. The minimum absolute atomic E-state index is 0.0103. The van der Waals surface area contributed by atoms with Crippen molar-refractivity contribution < 1.29 is 19.0 Å². The van der Waals surface area contributed by atoms with Crippen molar-refractivity contribution in [3.05, 3.63) is 29.6 Å².